The summed E-state index contributed by atoms with van der Waals surface area (Å²) in [5.74, 6) is -0.650. The summed E-state index contributed by atoms with van der Waals surface area (Å²) in [6.45, 7) is 31.0. The number of hydrogen-bond donors (Lipinski definition) is 1. The van der Waals surface area contributed by atoms with Crippen LogP contribution in [0, 0.1) is 47.5 Å². The fraction of sp³-hybridized carbons (Fsp3) is 0.487. The molecule has 7 aromatic rings. The van der Waals surface area contributed by atoms with Gasteiger partial charge >= 0.3 is 41.9 Å². The summed E-state index contributed by atoms with van der Waals surface area (Å²) < 4.78 is 63.5. The van der Waals surface area contributed by atoms with E-state index in [0.29, 0.717) is 159 Å². The van der Waals surface area contributed by atoms with Crippen LogP contribution in [-0.4, -0.2) is 163 Å². The van der Waals surface area contributed by atoms with Crippen LogP contribution in [0.3, 0.4) is 0 Å². The molecule has 0 aliphatic carbocycles. The van der Waals surface area contributed by atoms with E-state index in [1.807, 2.05) is 30.3 Å². The van der Waals surface area contributed by atoms with E-state index in [-0.39, 0.29) is 82.3 Å². The molecule has 1 saturated heterocycles. The zero-order valence-corrected chi connectivity index (χ0v) is 62.2. The fourth-order valence-electron chi connectivity index (χ4n) is 12.7. The standard InChI is InChI=1S/C78H99N7O18/c1-16-93-71(86)62-39-54(68-47(7)65(50(10)100-68)74(89)96-19-4)36-58(79-62)44-83-31-33-84(45-59-37-55(40-63(80-59)72(87)94-17-2)69-48(8)66(51(11)101-69)75(90)97-20-5)42-53(26-24-22-23-25-35-99-61-29-27-57(28-30-61)82-77(92)103-78(13,14)15)43-85(34-32-83)46-60-38-56(41-64(81-60)73(88)95-18-3)70-49(9)67(52(12)102-70)76(91)98-21-6/h27-30,36-41,53H,16-26,31-35,42-46H2,1-15H3,(H,82,92). The highest BCUT2D eigenvalue weighted by Crippen LogP contribution is 2.37. The van der Waals surface area contributed by atoms with Crippen molar-refractivity contribution < 1.29 is 84.7 Å². The monoisotopic (exact) mass is 1420 g/mol. The molecule has 0 spiro atoms. The second-order valence-corrected chi connectivity index (χ2v) is 26.3. The van der Waals surface area contributed by atoms with E-state index < -0.39 is 47.5 Å². The zero-order valence-electron chi connectivity index (χ0n) is 62.2. The Morgan fingerprint density at radius 2 is 0.796 bits per heavy atom. The number of esters is 6. The number of benzene rings is 1. The first-order chi connectivity index (χ1) is 49.2. The first kappa shape index (κ1) is 79.0. The number of pyridine rings is 3. The minimum absolute atomic E-state index is 0.00907. The molecule has 1 aliphatic heterocycles. The molecule has 25 nitrogen and oxygen atoms in total. The van der Waals surface area contributed by atoms with Gasteiger partial charge in [-0.25, -0.2) is 48.5 Å². The van der Waals surface area contributed by atoms with E-state index >= 15 is 0 Å². The van der Waals surface area contributed by atoms with E-state index in [9.17, 15) is 33.6 Å². The quantitative estimate of drug-likeness (QED) is 0.0248. The van der Waals surface area contributed by atoms with Crippen LogP contribution in [0.5, 0.6) is 5.75 Å². The lowest BCUT2D eigenvalue weighted by Gasteiger charge is -2.36. The maximum atomic E-state index is 13.9. The van der Waals surface area contributed by atoms with Crippen molar-refractivity contribution in [3.8, 4) is 39.7 Å². The first-order valence-electron chi connectivity index (χ1n) is 35.5. The maximum absolute atomic E-state index is 13.9. The van der Waals surface area contributed by atoms with E-state index in [2.05, 4.69) is 20.0 Å². The molecule has 103 heavy (non-hydrogen) atoms. The van der Waals surface area contributed by atoms with Crippen LogP contribution < -0.4 is 10.1 Å². The highest BCUT2D eigenvalue weighted by Gasteiger charge is 2.31. The Labute approximate surface area is 602 Å². The SMILES string of the molecule is CCOC(=O)c1cc(-c2oc(C)c(C(=O)OCC)c2C)cc(CN2CCN(Cc3cc(-c4oc(C)c(C(=O)OCC)c4C)cc(C(=O)OCC)n3)CC(CCCCCCOc3ccc(NC(=O)OC(C)(C)C)cc3)CN(Cc3cc(-c4oc(C)c(C(=O)OCC)c4C)cc(C(=O)OCC)n3)CC2)n1. The van der Waals surface area contributed by atoms with E-state index in [1.165, 1.54) is 0 Å². The number of rotatable bonds is 30. The molecule has 0 unspecified atom stereocenters. The third-order valence-electron chi connectivity index (χ3n) is 17.2. The van der Waals surface area contributed by atoms with Gasteiger partial charge in [0.15, 0.2) is 0 Å². The second-order valence-electron chi connectivity index (χ2n) is 26.3. The lowest BCUT2D eigenvalue weighted by molar-refractivity contribution is 0.0509. The fourth-order valence-corrected chi connectivity index (χ4v) is 12.7. The summed E-state index contributed by atoms with van der Waals surface area (Å²) in [6.07, 6.45) is 3.64. The number of ether oxygens (including phenoxy) is 8. The van der Waals surface area contributed by atoms with Crippen LogP contribution in [0.1, 0.15) is 208 Å². The number of nitrogens with zero attached hydrogens (tertiary/aromatic N) is 6. The highest BCUT2D eigenvalue weighted by atomic mass is 16.6. The summed E-state index contributed by atoms with van der Waals surface area (Å²) in [5, 5.41) is 2.75. The average molecular weight is 1420 g/mol. The Morgan fingerprint density at radius 1 is 0.456 bits per heavy atom. The molecule has 0 saturated carbocycles. The number of furan rings is 3. The first-order valence-corrected chi connectivity index (χ1v) is 35.5. The number of aryl methyl sites for hydroxylation is 3. The van der Waals surface area contributed by atoms with Gasteiger partial charge in [0.05, 0.1) is 63.3 Å². The van der Waals surface area contributed by atoms with E-state index in [0.717, 1.165) is 32.1 Å². The van der Waals surface area contributed by atoms with Crippen molar-refractivity contribution >= 4 is 47.6 Å². The van der Waals surface area contributed by atoms with Crippen molar-refractivity contribution in [2.75, 3.05) is 90.8 Å². The van der Waals surface area contributed by atoms with Crippen molar-refractivity contribution in [3.05, 3.63) is 145 Å². The van der Waals surface area contributed by atoms with Gasteiger partial charge < -0.3 is 51.1 Å². The Kier molecular flexibility index (Phi) is 28.3. The van der Waals surface area contributed by atoms with Gasteiger partial charge in [-0.15, -0.1) is 0 Å². The normalized spacial score (nSPS) is 13.5. The average Bonchev–Trinajstić information content (AvgIpc) is 1.67. The minimum atomic E-state index is -0.643. The number of nitrogens with one attached hydrogen (secondary N) is 1. The van der Waals surface area contributed by atoms with Gasteiger partial charge in [-0.3, -0.25) is 20.0 Å². The molecule has 1 amide bonds. The highest BCUT2D eigenvalue weighted by molar-refractivity contribution is 5.97. The molecular formula is C78H99N7O18. The van der Waals surface area contributed by atoms with Crippen LogP contribution in [0.15, 0.2) is 73.9 Å². The van der Waals surface area contributed by atoms with Gasteiger partial charge in [-0.05, 0) is 183 Å². The van der Waals surface area contributed by atoms with E-state index in [1.54, 1.807) is 134 Å². The second kappa shape index (κ2) is 36.9. The number of amides is 1. The predicted molar refractivity (Wildman–Crippen MR) is 384 cm³/mol. The number of carbonyl (C=O) groups excluding carboxylic acids is 7. The van der Waals surface area contributed by atoms with Gasteiger partial charge in [0, 0.05) is 98.0 Å². The molecule has 0 bridgehead atoms. The molecule has 1 fully saturated rings. The third-order valence-corrected chi connectivity index (χ3v) is 17.2. The molecular weight excluding hydrogens is 1320 g/mol. The summed E-state index contributed by atoms with van der Waals surface area (Å²) >= 11 is 0. The summed E-state index contributed by atoms with van der Waals surface area (Å²) in [4.78, 5) is 116. The Morgan fingerprint density at radius 3 is 1.16 bits per heavy atom. The van der Waals surface area contributed by atoms with Crippen LogP contribution >= 0.6 is 0 Å². The number of hydrogen-bond acceptors (Lipinski definition) is 24. The lowest BCUT2D eigenvalue weighted by Crippen LogP contribution is -2.45. The van der Waals surface area contributed by atoms with Crippen LogP contribution in [0.25, 0.3) is 34.0 Å². The summed E-state index contributed by atoms with van der Waals surface area (Å²) in [5.41, 5.74) is 5.68. The lowest BCUT2D eigenvalue weighted by atomic mass is 9.98. The predicted octanol–water partition coefficient (Wildman–Crippen LogP) is 14.4. The molecule has 0 radical (unpaired) electrons. The third kappa shape index (κ3) is 21.4. The molecule has 1 N–H and O–H groups in total. The van der Waals surface area contributed by atoms with Crippen molar-refractivity contribution in [2.24, 2.45) is 5.92 Å². The molecule has 25 heteroatoms. The van der Waals surface area contributed by atoms with Gasteiger partial charge in [0.1, 0.15) is 79.7 Å². The number of aromatic nitrogens is 3. The molecule has 6 aromatic heterocycles. The van der Waals surface area contributed by atoms with Crippen LogP contribution in [-0.2, 0) is 52.8 Å². The minimum Gasteiger partial charge on any atom is -0.494 e. The van der Waals surface area contributed by atoms with Crippen LogP contribution in [0.2, 0.25) is 0 Å². The van der Waals surface area contributed by atoms with E-state index in [4.69, 9.17) is 66.1 Å². The molecule has 7 heterocycles. The van der Waals surface area contributed by atoms with Crippen LogP contribution in [0.4, 0.5) is 10.5 Å². The van der Waals surface area contributed by atoms with Crippen molar-refractivity contribution in [3.63, 3.8) is 0 Å². The number of carbonyl (C=O) groups is 7. The van der Waals surface area contributed by atoms with Crippen molar-refractivity contribution in [1.82, 2.24) is 29.7 Å². The van der Waals surface area contributed by atoms with Gasteiger partial charge in [-0.2, -0.15) is 0 Å². The Balaban J connectivity index is 1.19. The molecule has 1 aliphatic rings. The van der Waals surface area contributed by atoms with Gasteiger partial charge in [-0.1, -0.05) is 19.3 Å². The smallest absolute Gasteiger partial charge is 0.412 e. The number of anilines is 1. The molecule has 554 valence electrons. The zero-order chi connectivity index (χ0) is 74.7. The Hall–Kier alpha value is -9.72. The summed E-state index contributed by atoms with van der Waals surface area (Å²) in [7, 11) is 0. The van der Waals surface area contributed by atoms with Crippen molar-refractivity contribution in [1.29, 1.82) is 0 Å². The largest absolute Gasteiger partial charge is 0.494 e. The molecule has 1 aromatic carbocycles. The topological polar surface area (TPSA) is 293 Å². The molecule has 0 atom stereocenters. The van der Waals surface area contributed by atoms with Crippen molar-refractivity contribution in [2.45, 2.75) is 161 Å². The number of unbranched alkanes of at least 4 members (excludes halogenated alkanes) is 3. The maximum Gasteiger partial charge on any atom is 0.412 e. The summed E-state index contributed by atoms with van der Waals surface area (Å²) in [6, 6.07) is 17.6. The molecule has 8 rings (SSSR count). The Bertz CT molecular complexity index is 3970. The van der Waals surface area contributed by atoms with Gasteiger partial charge in [0.2, 0.25) is 0 Å². The van der Waals surface area contributed by atoms with Gasteiger partial charge in [0.25, 0.3) is 0 Å².